The molecule has 1 spiro atoms. The highest BCUT2D eigenvalue weighted by molar-refractivity contribution is 5.55. The first kappa shape index (κ1) is 14.6. The van der Waals surface area contributed by atoms with Gasteiger partial charge < -0.3 is 4.98 Å². The van der Waals surface area contributed by atoms with Crippen LogP contribution in [0.2, 0.25) is 0 Å². The Labute approximate surface area is 144 Å². The van der Waals surface area contributed by atoms with Gasteiger partial charge in [-0.15, -0.1) is 0 Å². The van der Waals surface area contributed by atoms with Gasteiger partial charge in [0.25, 0.3) is 0 Å². The standard InChI is InChI=1S/C23H27N/c1-3-16-19(4-2)24-22-20-17-11-7-6-10-15(17)14-18(20)23(21(16)22)12-8-5-9-13-23/h3-4,6-7,10-11,18,20,24H,5,8-9,12-14H2,1-2H3. The third-order valence-electron chi connectivity index (χ3n) is 7.17. The second-order valence-corrected chi connectivity index (χ2v) is 8.02. The molecule has 1 fully saturated rings. The fourth-order valence-electron chi connectivity index (χ4n) is 6.31. The number of benzene rings is 1. The minimum Gasteiger partial charge on any atom is -0.358 e. The zero-order valence-corrected chi connectivity index (χ0v) is 14.9. The molecule has 3 aliphatic carbocycles. The lowest BCUT2D eigenvalue weighted by atomic mass is 9.64. The van der Waals surface area contributed by atoms with Gasteiger partial charge in [-0.2, -0.15) is 0 Å². The van der Waals surface area contributed by atoms with E-state index in [1.54, 1.807) is 22.4 Å². The van der Waals surface area contributed by atoms with Crippen molar-refractivity contribution in [3.05, 3.63) is 57.2 Å². The van der Waals surface area contributed by atoms with Gasteiger partial charge >= 0.3 is 0 Å². The molecule has 24 heavy (non-hydrogen) atoms. The predicted molar refractivity (Wildman–Crippen MR) is 101 cm³/mol. The summed E-state index contributed by atoms with van der Waals surface area (Å²) in [4.78, 5) is 3.86. The molecule has 1 aromatic heterocycles. The third kappa shape index (κ3) is 1.66. The minimum atomic E-state index is 0.414. The van der Waals surface area contributed by atoms with Gasteiger partial charge in [-0.1, -0.05) is 55.7 Å². The lowest BCUT2D eigenvalue weighted by Gasteiger charge is -2.40. The lowest BCUT2D eigenvalue weighted by Crippen LogP contribution is -2.40. The van der Waals surface area contributed by atoms with Crippen LogP contribution in [0.1, 0.15) is 74.3 Å². The van der Waals surface area contributed by atoms with Crippen molar-refractivity contribution in [2.75, 3.05) is 0 Å². The molecule has 0 bridgehead atoms. The Balaban J connectivity index is 1.83. The fraction of sp³-hybridized carbons (Fsp3) is 0.478. The summed E-state index contributed by atoms with van der Waals surface area (Å²) in [5.41, 5.74) is 6.85. The fourth-order valence-corrected chi connectivity index (χ4v) is 6.31. The molecule has 1 saturated carbocycles. The maximum atomic E-state index is 3.86. The Bertz CT molecular complexity index is 908. The summed E-state index contributed by atoms with van der Waals surface area (Å²) in [5, 5.41) is 2.84. The van der Waals surface area contributed by atoms with E-state index in [2.05, 4.69) is 55.2 Å². The smallest absolute Gasteiger partial charge is 0.0412 e. The van der Waals surface area contributed by atoms with E-state index in [0.717, 1.165) is 5.92 Å². The summed E-state index contributed by atoms with van der Waals surface area (Å²) in [5.74, 6) is 1.38. The maximum Gasteiger partial charge on any atom is 0.0412 e. The second kappa shape index (κ2) is 5.12. The van der Waals surface area contributed by atoms with Crippen LogP contribution in [-0.4, -0.2) is 4.98 Å². The van der Waals surface area contributed by atoms with Gasteiger partial charge in [0.1, 0.15) is 0 Å². The van der Waals surface area contributed by atoms with Crippen molar-refractivity contribution in [2.24, 2.45) is 5.92 Å². The Morgan fingerprint density at radius 2 is 1.83 bits per heavy atom. The Hall–Kier alpha value is -1.76. The number of hydrogen-bond acceptors (Lipinski definition) is 0. The van der Waals surface area contributed by atoms with Crippen LogP contribution in [0, 0.1) is 5.92 Å². The normalized spacial score (nSPS) is 28.2. The van der Waals surface area contributed by atoms with Crippen LogP contribution in [0.3, 0.4) is 0 Å². The molecule has 1 N–H and O–H groups in total. The van der Waals surface area contributed by atoms with Gasteiger partial charge in [-0.25, -0.2) is 0 Å². The number of H-pyrrole nitrogens is 1. The summed E-state index contributed by atoms with van der Waals surface area (Å²) in [7, 11) is 0. The highest BCUT2D eigenvalue weighted by Gasteiger charge is 2.56. The van der Waals surface area contributed by atoms with E-state index in [9.17, 15) is 0 Å². The van der Waals surface area contributed by atoms with Crippen LogP contribution >= 0.6 is 0 Å². The molecule has 124 valence electrons. The summed E-state index contributed by atoms with van der Waals surface area (Å²) >= 11 is 0. The van der Waals surface area contributed by atoms with Crippen molar-refractivity contribution in [3.63, 3.8) is 0 Å². The number of hydrogen-bond donors (Lipinski definition) is 1. The van der Waals surface area contributed by atoms with E-state index in [1.807, 2.05) is 0 Å². The molecule has 2 unspecified atom stereocenters. The highest BCUT2D eigenvalue weighted by Crippen LogP contribution is 2.61. The molecule has 0 amide bonds. The van der Waals surface area contributed by atoms with E-state index in [1.165, 1.54) is 49.1 Å². The largest absolute Gasteiger partial charge is 0.358 e. The van der Waals surface area contributed by atoms with Gasteiger partial charge in [0.05, 0.1) is 0 Å². The second-order valence-electron chi connectivity index (χ2n) is 8.02. The van der Waals surface area contributed by atoms with Crippen molar-refractivity contribution in [3.8, 4) is 0 Å². The van der Waals surface area contributed by atoms with E-state index in [0.29, 0.717) is 11.3 Å². The number of fused-ring (bicyclic) bond motifs is 7. The summed E-state index contributed by atoms with van der Waals surface area (Å²) in [6.07, 6.45) is 12.9. The van der Waals surface area contributed by atoms with Gasteiger partial charge in [0.2, 0.25) is 0 Å². The number of rotatable bonds is 0. The summed E-state index contributed by atoms with van der Waals surface area (Å²) in [6, 6.07) is 9.21. The molecule has 2 aromatic rings. The molecule has 0 radical (unpaired) electrons. The van der Waals surface area contributed by atoms with E-state index >= 15 is 0 Å². The van der Waals surface area contributed by atoms with Crippen LogP contribution in [0.25, 0.3) is 12.2 Å². The maximum absolute atomic E-state index is 3.86. The Morgan fingerprint density at radius 1 is 1.04 bits per heavy atom. The van der Waals surface area contributed by atoms with Gasteiger partial charge in [-0.05, 0) is 60.9 Å². The molecule has 0 saturated heterocycles. The summed E-state index contributed by atoms with van der Waals surface area (Å²) < 4.78 is 0. The highest BCUT2D eigenvalue weighted by atomic mass is 14.8. The monoisotopic (exact) mass is 317 g/mol. The molecular formula is C23H27N. The van der Waals surface area contributed by atoms with Crippen LogP contribution in [0.4, 0.5) is 0 Å². The van der Waals surface area contributed by atoms with Crippen molar-refractivity contribution in [1.82, 2.24) is 4.98 Å². The average molecular weight is 317 g/mol. The molecule has 0 aliphatic heterocycles. The zero-order valence-electron chi connectivity index (χ0n) is 14.9. The molecule has 2 atom stereocenters. The lowest BCUT2D eigenvalue weighted by molar-refractivity contribution is 0.204. The molecule has 5 rings (SSSR count). The van der Waals surface area contributed by atoms with Gasteiger partial charge in [-0.3, -0.25) is 0 Å². The quantitative estimate of drug-likeness (QED) is 0.752. The molecule has 1 heterocycles. The van der Waals surface area contributed by atoms with Crippen LogP contribution in [0.15, 0.2) is 24.3 Å². The first-order chi connectivity index (χ1) is 11.8. The average Bonchev–Trinajstić information content (AvgIpc) is 3.25. The van der Waals surface area contributed by atoms with Crippen LogP contribution in [0.5, 0.6) is 0 Å². The van der Waals surface area contributed by atoms with Crippen molar-refractivity contribution in [2.45, 2.75) is 63.7 Å². The summed E-state index contributed by atoms with van der Waals surface area (Å²) in [6.45, 7) is 4.39. The zero-order chi connectivity index (χ0) is 16.3. The Kier molecular flexibility index (Phi) is 3.11. The van der Waals surface area contributed by atoms with Crippen molar-refractivity contribution in [1.29, 1.82) is 0 Å². The first-order valence-electron chi connectivity index (χ1n) is 9.73. The van der Waals surface area contributed by atoms with Crippen molar-refractivity contribution < 1.29 is 0 Å². The topological polar surface area (TPSA) is 15.8 Å². The SMILES string of the molecule is CC=c1[nH]c2c(c1=CC)C1(CCCCC1)C1Cc3ccccc3C21. The van der Waals surface area contributed by atoms with E-state index in [-0.39, 0.29) is 0 Å². The van der Waals surface area contributed by atoms with E-state index in [4.69, 9.17) is 0 Å². The molecule has 1 heteroatoms. The third-order valence-corrected chi connectivity index (χ3v) is 7.17. The van der Waals surface area contributed by atoms with Gasteiger partial charge in [0, 0.05) is 22.4 Å². The molecule has 1 nitrogen and oxygen atoms in total. The number of nitrogens with one attached hydrogen (secondary N) is 1. The minimum absolute atomic E-state index is 0.414. The van der Waals surface area contributed by atoms with E-state index < -0.39 is 0 Å². The van der Waals surface area contributed by atoms with Crippen LogP contribution < -0.4 is 10.6 Å². The van der Waals surface area contributed by atoms with Crippen LogP contribution in [-0.2, 0) is 11.8 Å². The molecular weight excluding hydrogens is 290 g/mol. The van der Waals surface area contributed by atoms with Crippen molar-refractivity contribution >= 4 is 12.2 Å². The first-order valence-corrected chi connectivity index (χ1v) is 9.73. The van der Waals surface area contributed by atoms with Gasteiger partial charge in [0.15, 0.2) is 0 Å². The number of aromatic amines is 1. The predicted octanol–water partition coefficient (Wildman–Crippen LogP) is 4.14. The Morgan fingerprint density at radius 3 is 2.58 bits per heavy atom. The molecule has 3 aliphatic rings. The number of aromatic nitrogens is 1. The molecule has 1 aromatic carbocycles.